The molecule has 0 aromatic carbocycles. The van der Waals surface area contributed by atoms with Crippen LogP contribution in [0.1, 0.15) is 77.0 Å². The third-order valence-corrected chi connectivity index (χ3v) is 15.7. The van der Waals surface area contributed by atoms with E-state index in [1.54, 1.807) is 23.5 Å². The lowest BCUT2D eigenvalue weighted by Crippen LogP contribution is -2.50. The number of unbranched alkanes of at least 4 members (excludes halogenated alkanes) is 2. The third kappa shape index (κ3) is 22.6. The lowest BCUT2D eigenvalue weighted by atomic mass is 10.0. The van der Waals surface area contributed by atoms with E-state index in [0.29, 0.717) is 12.8 Å². The first-order chi connectivity index (χ1) is 34.8. The number of carboxylic acid groups (broad SMARTS) is 5. The quantitative estimate of drug-likeness (QED) is 0.0225. The number of aliphatic carboxylic acids is 5. The van der Waals surface area contributed by atoms with E-state index < -0.39 is 86.5 Å². The van der Waals surface area contributed by atoms with E-state index in [4.69, 9.17) is 0 Å². The van der Waals surface area contributed by atoms with Crippen LogP contribution in [0.15, 0.2) is 0 Å². The van der Waals surface area contributed by atoms with Crippen molar-refractivity contribution >= 4 is 89.1 Å². The molecular weight excluding hydrogens is 1000 g/mol. The molecule has 4 aliphatic rings. The van der Waals surface area contributed by atoms with Crippen LogP contribution < -0.4 is 42.5 Å². The third-order valence-electron chi connectivity index (χ3n) is 12.7. The molecule has 13 N–H and O–H groups in total. The fourth-order valence-electron chi connectivity index (χ4n) is 9.03. The monoisotopic (exact) mass is 1070 g/mol. The van der Waals surface area contributed by atoms with Crippen molar-refractivity contribution in [1.29, 1.82) is 0 Å². The predicted molar refractivity (Wildman–Crippen MR) is 264 cm³/mol. The van der Waals surface area contributed by atoms with Gasteiger partial charge in [-0.3, -0.25) is 48.3 Å². The molecule has 73 heavy (non-hydrogen) atoms. The summed E-state index contributed by atoms with van der Waals surface area (Å²) in [5.74, 6) is -7.07. The van der Waals surface area contributed by atoms with Crippen LogP contribution in [0.2, 0.25) is 0 Å². The summed E-state index contributed by atoms with van der Waals surface area (Å²) in [5.41, 5.74) is 0. The van der Waals surface area contributed by atoms with E-state index in [-0.39, 0.29) is 136 Å². The summed E-state index contributed by atoms with van der Waals surface area (Å²) >= 11 is 3.58. The molecular formula is C44H71N11O16S2. The Hall–Kier alpha value is -5.65. The number of carbonyl (C=O) groups is 11. The largest absolute Gasteiger partial charge is 0.480 e. The number of nitrogens with one attached hydrogen (secondary N) is 8. The smallest absolute Gasteiger partial charge is 0.326 e. The second kappa shape index (κ2) is 31.2. The molecule has 4 rings (SSSR count). The molecule has 0 aromatic heterocycles. The van der Waals surface area contributed by atoms with Gasteiger partial charge in [0.25, 0.3) is 0 Å². The number of nitrogens with zero attached hydrogens (tertiary/aromatic N) is 3. The van der Waals surface area contributed by atoms with Crippen molar-refractivity contribution in [2.24, 2.45) is 0 Å². The minimum atomic E-state index is -1.37. The Morgan fingerprint density at radius 3 is 1.23 bits per heavy atom. The summed E-state index contributed by atoms with van der Waals surface area (Å²) in [6.45, 7) is -3.56. The van der Waals surface area contributed by atoms with Crippen molar-refractivity contribution in [2.45, 2.75) is 124 Å². The normalized spacial score (nSPS) is 21.5. The highest BCUT2D eigenvalue weighted by Crippen LogP contribution is 2.34. The molecule has 0 aliphatic carbocycles. The minimum Gasteiger partial charge on any atom is -0.480 e. The Labute approximate surface area is 430 Å². The van der Waals surface area contributed by atoms with Gasteiger partial charge in [-0.05, 0) is 51.4 Å². The van der Waals surface area contributed by atoms with Gasteiger partial charge in [0, 0.05) is 74.1 Å². The summed E-state index contributed by atoms with van der Waals surface area (Å²) in [7, 11) is 0. The number of urea groups is 2. The Balaban J connectivity index is 1.14. The Kier molecular flexibility index (Phi) is 25.6. The van der Waals surface area contributed by atoms with Crippen LogP contribution in [0.5, 0.6) is 0 Å². The molecule has 4 aliphatic heterocycles. The number of amides is 8. The van der Waals surface area contributed by atoms with E-state index >= 15 is 0 Å². The first kappa shape index (κ1) is 59.9. The number of hydrogen-bond donors (Lipinski definition) is 13. The molecule has 0 radical (unpaired) electrons. The molecule has 0 unspecified atom stereocenters. The second-order valence-corrected chi connectivity index (χ2v) is 21.1. The molecule has 0 saturated carbocycles. The molecule has 4 saturated heterocycles. The molecule has 8 atom stereocenters. The number of fused-ring (bicyclic) bond motifs is 2. The van der Waals surface area contributed by atoms with E-state index in [2.05, 4.69) is 42.5 Å². The molecule has 410 valence electrons. The van der Waals surface area contributed by atoms with Gasteiger partial charge in [-0.15, -0.1) is 0 Å². The van der Waals surface area contributed by atoms with Gasteiger partial charge < -0.3 is 68.1 Å². The lowest BCUT2D eigenvalue weighted by Gasteiger charge is -2.28. The van der Waals surface area contributed by atoms with Gasteiger partial charge in [0.05, 0.1) is 56.9 Å². The number of hydrogen-bond acceptors (Lipinski definition) is 16. The molecule has 27 nitrogen and oxygen atoms in total. The first-order valence-electron chi connectivity index (χ1n) is 24.5. The average Bonchev–Trinajstić information content (AvgIpc) is 4.07. The summed E-state index contributed by atoms with van der Waals surface area (Å²) in [5, 5.41) is 70.7. The highest BCUT2D eigenvalue weighted by molar-refractivity contribution is 8.00. The molecule has 8 amide bonds. The summed E-state index contributed by atoms with van der Waals surface area (Å²) < 4.78 is 0. The van der Waals surface area contributed by atoms with Gasteiger partial charge in [0.2, 0.25) is 23.6 Å². The van der Waals surface area contributed by atoms with Gasteiger partial charge in [-0.25, -0.2) is 19.2 Å². The van der Waals surface area contributed by atoms with Crippen molar-refractivity contribution in [1.82, 2.24) is 57.2 Å². The molecule has 0 bridgehead atoms. The highest BCUT2D eigenvalue weighted by Gasteiger charge is 2.43. The fourth-order valence-corrected chi connectivity index (χ4v) is 12.1. The number of thioether (sulfide) groups is 2. The Morgan fingerprint density at radius 2 is 0.863 bits per heavy atom. The van der Waals surface area contributed by atoms with Gasteiger partial charge in [-0.2, -0.15) is 23.5 Å². The van der Waals surface area contributed by atoms with E-state index in [9.17, 15) is 78.3 Å². The first-order valence-corrected chi connectivity index (χ1v) is 26.6. The number of carbonyl (C=O) groups excluding carboxylic acids is 6. The topological polar surface area (TPSA) is 395 Å². The van der Waals surface area contributed by atoms with Crippen LogP contribution >= 0.6 is 23.5 Å². The summed E-state index contributed by atoms with van der Waals surface area (Å²) in [6, 6.07) is -2.66. The highest BCUT2D eigenvalue weighted by atomic mass is 32.2. The molecule has 29 heteroatoms. The predicted octanol–water partition coefficient (Wildman–Crippen LogP) is -2.47. The van der Waals surface area contributed by atoms with Crippen LogP contribution in [-0.4, -0.2) is 236 Å². The van der Waals surface area contributed by atoms with Gasteiger partial charge in [0.15, 0.2) is 0 Å². The maximum absolute atomic E-state index is 13.0. The minimum absolute atomic E-state index is 0.0548. The molecule has 4 fully saturated rings. The zero-order valence-corrected chi connectivity index (χ0v) is 42.3. The maximum Gasteiger partial charge on any atom is 0.326 e. The van der Waals surface area contributed by atoms with E-state index in [1.165, 1.54) is 4.90 Å². The maximum atomic E-state index is 13.0. The fraction of sp³-hybridized carbons (Fsp3) is 0.750. The van der Waals surface area contributed by atoms with Crippen molar-refractivity contribution in [2.75, 3.05) is 83.5 Å². The van der Waals surface area contributed by atoms with Crippen LogP contribution in [0.4, 0.5) is 9.59 Å². The van der Waals surface area contributed by atoms with Crippen molar-refractivity contribution < 1.29 is 78.3 Å². The molecule has 4 heterocycles. The van der Waals surface area contributed by atoms with Crippen LogP contribution in [0.3, 0.4) is 0 Å². The van der Waals surface area contributed by atoms with E-state index in [1.807, 2.05) is 0 Å². The summed E-state index contributed by atoms with van der Waals surface area (Å²) in [4.78, 5) is 137. The standard InChI is InChI=1S/C44H71N11O16S2/c56-32(11-3-1-9-30-39-28(24-72-30)49-43(70)51-39)45-13-5-7-26(41(66)67)47-34(58)19-54(22-37(62)63)17-15-53(21-36(60)61)16-18-55(23-38(64)65)20-35(59)48-27(42(68)69)8-6-14-46-33(57)12-4-2-10-31-40-29(25-73-31)50-44(71)52-40/h26-31,39-40H,1-25H2,(H,45,56)(H,46,57)(H,47,58)(H,48,59)(H,60,61)(H,62,63)(H,64,65)(H,66,67)(H,68,69)(H2,49,51,70)(H2,50,52,71)/t26-,27-,28-,29-,30-,31-,39-,40-/m0/s1. The molecule has 0 spiro atoms. The van der Waals surface area contributed by atoms with Gasteiger partial charge in [0.1, 0.15) is 12.1 Å². The van der Waals surface area contributed by atoms with Crippen molar-refractivity contribution in [3.8, 4) is 0 Å². The second-order valence-electron chi connectivity index (χ2n) is 18.5. The van der Waals surface area contributed by atoms with Crippen molar-refractivity contribution in [3.05, 3.63) is 0 Å². The molecule has 0 aromatic rings. The zero-order valence-electron chi connectivity index (χ0n) is 40.7. The van der Waals surface area contributed by atoms with Crippen molar-refractivity contribution in [3.63, 3.8) is 0 Å². The SMILES string of the molecule is O=C(O)CN(CCN(CC(=O)O)CC(=O)N[C@@H](CCCNC(=O)CCCC[C@@H]1SC[C@@H]2NC(=O)N[C@@H]21)C(=O)O)CCN(CC(=O)O)CC(=O)N[C@@H](CCCNC(=O)CCCC[C@@H]1SC[C@@H]2NC(=O)N[C@@H]21)C(=O)O. The average molecular weight is 1070 g/mol. The van der Waals surface area contributed by atoms with Crippen LogP contribution in [-0.2, 0) is 43.2 Å². The lowest BCUT2D eigenvalue weighted by molar-refractivity contribution is -0.143. The zero-order chi connectivity index (χ0) is 53.5. The Bertz CT molecular complexity index is 1830. The number of carboxylic acids is 5. The number of rotatable bonds is 38. The van der Waals surface area contributed by atoms with Gasteiger partial charge in [-0.1, -0.05) is 12.8 Å². The van der Waals surface area contributed by atoms with Crippen LogP contribution in [0.25, 0.3) is 0 Å². The summed E-state index contributed by atoms with van der Waals surface area (Å²) in [6.07, 6.45) is 5.37. The van der Waals surface area contributed by atoms with E-state index in [0.717, 1.165) is 47.0 Å². The van der Waals surface area contributed by atoms with Gasteiger partial charge >= 0.3 is 41.9 Å². The Morgan fingerprint density at radius 1 is 0.493 bits per heavy atom. The van der Waals surface area contributed by atoms with Crippen LogP contribution in [0, 0.1) is 0 Å².